The Hall–Kier alpha value is -1.95. The van der Waals surface area contributed by atoms with Crippen LogP contribution in [0.2, 0.25) is 0 Å². The number of carbonyl (C=O) groups is 2. The third kappa shape index (κ3) is 8.93. The van der Waals surface area contributed by atoms with E-state index in [2.05, 4.69) is 10.6 Å². The quantitative estimate of drug-likeness (QED) is 0.796. The maximum atomic E-state index is 12.8. The smallest absolute Gasteiger partial charge is 0.234 e. The van der Waals surface area contributed by atoms with Crippen LogP contribution in [0.15, 0.2) is 24.3 Å². The average Bonchev–Trinajstić information content (AvgIpc) is 2.38. The van der Waals surface area contributed by atoms with Crippen molar-refractivity contribution in [1.82, 2.24) is 15.5 Å². The molecule has 2 N–H and O–H groups in total. The molecule has 1 aromatic carbocycles. The summed E-state index contributed by atoms with van der Waals surface area (Å²) in [6.07, 6.45) is 0.639. The van der Waals surface area contributed by atoms with Crippen molar-refractivity contribution < 1.29 is 14.0 Å². The molecule has 5 nitrogen and oxygen atoms in total. The highest BCUT2D eigenvalue weighted by molar-refractivity contribution is 5.81. The second-order valence-electron chi connectivity index (χ2n) is 6.70. The number of likely N-dealkylation sites (N-methyl/N-ethyl adjacent to an activating group) is 1. The van der Waals surface area contributed by atoms with Gasteiger partial charge in [0.1, 0.15) is 5.82 Å². The van der Waals surface area contributed by atoms with Crippen molar-refractivity contribution in [3.63, 3.8) is 0 Å². The van der Waals surface area contributed by atoms with Gasteiger partial charge in [0.05, 0.1) is 13.1 Å². The third-order valence-corrected chi connectivity index (χ3v) is 2.99. The van der Waals surface area contributed by atoms with Crippen molar-refractivity contribution in [3.05, 3.63) is 35.6 Å². The van der Waals surface area contributed by atoms with Gasteiger partial charge in [0.2, 0.25) is 11.8 Å². The highest BCUT2D eigenvalue weighted by Gasteiger charge is 2.16. The number of benzene rings is 1. The van der Waals surface area contributed by atoms with Crippen molar-refractivity contribution in [3.8, 4) is 0 Å². The summed E-state index contributed by atoms with van der Waals surface area (Å²) >= 11 is 0. The summed E-state index contributed by atoms with van der Waals surface area (Å²) in [6, 6.07) is 6.20. The molecule has 0 aliphatic rings. The summed E-state index contributed by atoms with van der Waals surface area (Å²) in [5.74, 6) is -0.523. The van der Waals surface area contributed by atoms with Gasteiger partial charge in [-0.25, -0.2) is 4.39 Å². The summed E-state index contributed by atoms with van der Waals surface area (Å²) < 4.78 is 12.8. The van der Waals surface area contributed by atoms with Gasteiger partial charge in [0, 0.05) is 12.1 Å². The van der Waals surface area contributed by atoms with Gasteiger partial charge in [0.15, 0.2) is 0 Å². The molecule has 0 spiro atoms. The van der Waals surface area contributed by atoms with Gasteiger partial charge >= 0.3 is 0 Å². The Balaban J connectivity index is 2.25. The van der Waals surface area contributed by atoms with Gasteiger partial charge in [-0.15, -0.1) is 0 Å². The van der Waals surface area contributed by atoms with Crippen LogP contribution in [-0.4, -0.2) is 48.9 Å². The van der Waals surface area contributed by atoms with E-state index in [0.717, 1.165) is 5.56 Å². The van der Waals surface area contributed by atoms with E-state index in [4.69, 9.17) is 0 Å². The largest absolute Gasteiger partial charge is 0.355 e. The molecule has 0 saturated carbocycles. The Morgan fingerprint density at radius 2 is 1.65 bits per heavy atom. The normalized spacial score (nSPS) is 11.4. The van der Waals surface area contributed by atoms with E-state index in [1.807, 2.05) is 20.8 Å². The standard InChI is InChI=1S/C17H26FN3O2/c1-17(2,3)20-16(23)12-21(4)11-15(22)19-10-9-13-5-7-14(18)8-6-13/h5-8H,9-12H2,1-4H3,(H,19,22)(H,20,23). The van der Waals surface area contributed by atoms with Gasteiger partial charge in [-0.3, -0.25) is 14.5 Å². The molecule has 2 amide bonds. The van der Waals surface area contributed by atoms with Gasteiger partial charge < -0.3 is 10.6 Å². The van der Waals surface area contributed by atoms with Crippen LogP contribution in [-0.2, 0) is 16.0 Å². The topological polar surface area (TPSA) is 61.4 Å². The molecule has 23 heavy (non-hydrogen) atoms. The Morgan fingerprint density at radius 3 is 2.22 bits per heavy atom. The van der Waals surface area contributed by atoms with Crippen LogP contribution in [0, 0.1) is 5.82 Å². The number of nitrogens with one attached hydrogen (secondary N) is 2. The van der Waals surface area contributed by atoms with Gasteiger partial charge in [-0.1, -0.05) is 12.1 Å². The minimum Gasteiger partial charge on any atom is -0.355 e. The number of amides is 2. The minimum absolute atomic E-state index is 0.112. The van der Waals surface area contributed by atoms with Crippen LogP contribution < -0.4 is 10.6 Å². The van der Waals surface area contributed by atoms with Crippen molar-refractivity contribution >= 4 is 11.8 Å². The summed E-state index contributed by atoms with van der Waals surface area (Å²) in [5.41, 5.74) is 0.680. The Labute approximate surface area is 137 Å². The molecule has 0 saturated heterocycles. The lowest BCUT2D eigenvalue weighted by Crippen LogP contribution is -2.46. The van der Waals surface area contributed by atoms with E-state index >= 15 is 0 Å². The summed E-state index contributed by atoms with van der Waals surface area (Å²) in [5, 5.41) is 5.64. The van der Waals surface area contributed by atoms with E-state index in [-0.39, 0.29) is 36.3 Å². The molecular weight excluding hydrogens is 297 g/mol. The summed E-state index contributed by atoms with van der Waals surface area (Å²) in [6.45, 7) is 6.53. The first kappa shape index (κ1) is 19.1. The Morgan fingerprint density at radius 1 is 1.09 bits per heavy atom. The molecule has 0 unspecified atom stereocenters. The predicted octanol–water partition coefficient (Wildman–Crippen LogP) is 1.33. The summed E-state index contributed by atoms with van der Waals surface area (Å²) in [4.78, 5) is 25.2. The minimum atomic E-state index is -0.282. The number of hydrogen-bond acceptors (Lipinski definition) is 3. The summed E-state index contributed by atoms with van der Waals surface area (Å²) in [7, 11) is 1.72. The second-order valence-corrected chi connectivity index (χ2v) is 6.70. The van der Waals surface area contributed by atoms with E-state index in [1.54, 1.807) is 24.1 Å². The van der Waals surface area contributed by atoms with E-state index in [9.17, 15) is 14.0 Å². The molecule has 1 aromatic rings. The maximum Gasteiger partial charge on any atom is 0.234 e. The maximum absolute atomic E-state index is 12.8. The number of carbonyl (C=O) groups excluding carboxylic acids is 2. The molecule has 0 aliphatic heterocycles. The van der Waals surface area contributed by atoms with Crippen LogP contribution >= 0.6 is 0 Å². The van der Waals surface area contributed by atoms with Crippen LogP contribution in [0.1, 0.15) is 26.3 Å². The van der Waals surface area contributed by atoms with Gasteiger partial charge in [0.25, 0.3) is 0 Å². The highest BCUT2D eigenvalue weighted by Crippen LogP contribution is 2.02. The average molecular weight is 323 g/mol. The van der Waals surface area contributed by atoms with E-state index in [0.29, 0.717) is 13.0 Å². The SMILES string of the molecule is CN(CC(=O)NCCc1ccc(F)cc1)CC(=O)NC(C)(C)C. The fourth-order valence-corrected chi connectivity index (χ4v) is 2.06. The van der Waals surface area contributed by atoms with Crippen molar-refractivity contribution in [1.29, 1.82) is 0 Å². The van der Waals surface area contributed by atoms with Crippen molar-refractivity contribution in [2.75, 3.05) is 26.7 Å². The zero-order valence-electron chi connectivity index (χ0n) is 14.3. The van der Waals surface area contributed by atoms with Crippen molar-refractivity contribution in [2.45, 2.75) is 32.7 Å². The molecule has 0 fully saturated rings. The molecular formula is C17H26FN3O2. The van der Waals surface area contributed by atoms with Crippen LogP contribution in [0.3, 0.4) is 0 Å². The number of nitrogens with zero attached hydrogens (tertiary/aromatic N) is 1. The monoisotopic (exact) mass is 323 g/mol. The molecule has 6 heteroatoms. The first-order valence-electron chi connectivity index (χ1n) is 7.66. The third-order valence-electron chi connectivity index (χ3n) is 2.99. The zero-order valence-corrected chi connectivity index (χ0v) is 14.3. The molecule has 1 rings (SSSR count). The van der Waals surface area contributed by atoms with Gasteiger partial charge in [-0.2, -0.15) is 0 Å². The molecule has 0 radical (unpaired) electrons. The predicted molar refractivity (Wildman–Crippen MR) is 88.5 cm³/mol. The lowest BCUT2D eigenvalue weighted by molar-refractivity contribution is -0.125. The van der Waals surface area contributed by atoms with Gasteiger partial charge in [-0.05, 0) is 51.9 Å². The van der Waals surface area contributed by atoms with E-state index in [1.165, 1.54) is 12.1 Å². The first-order chi connectivity index (χ1) is 10.7. The fourth-order valence-electron chi connectivity index (χ4n) is 2.06. The highest BCUT2D eigenvalue weighted by atomic mass is 19.1. The lowest BCUT2D eigenvalue weighted by Gasteiger charge is -2.23. The number of halogens is 1. The molecule has 0 heterocycles. The Bertz CT molecular complexity index is 524. The second kappa shape index (κ2) is 8.62. The molecule has 0 atom stereocenters. The molecule has 0 aromatic heterocycles. The molecule has 128 valence electrons. The lowest BCUT2D eigenvalue weighted by atomic mass is 10.1. The fraction of sp³-hybridized carbons (Fsp3) is 0.529. The molecule has 0 aliphatic carbocycles. The van der Waals surface area contributed by atoms with Crippen LogP contribution in [0.25, 0.3) is 0 Å². The van der Waals surface area contributed by atoms with E-state index < -0.39 is 0 Å². The number of hydrogen-bond donors (Lipinski definition) is 2. The zero-order chi connectivity index (χ0) is 17.5. The van der Waals surface area contributed by atoms with Crippen molar-refractivity contribution in [2.24, 2.45) is 0 Å². The van der Waals surface area contributed by atoms with Crippen LogP contribution in [0.5, 0.6) is 0 Å². The van der Waals surface area contributed by atoms with Crippen LogP contribution in [0.4, 0.5) is 4.39 Å². The first-order valence-corrected chi connectivity index (χ1v) is 7.66. The Kier molecular flexibility index (Phi) is 7.16. The molecule has 0 bridgehead atoms. The number of rotatable bonds is 7.